The highest BCUT2D eigenvalue weighted by Crippen LogP contribution is 2.29. The summed E-state index contributed by atoms with van der Waals surface area (Å²) in [4.78, 5) is 4.46. The number of ether oxygens (including phenoxy) is 1. The van der Waals surface area contributed by atoms with Gasteiger partial charge in [0.15, 0.2) is 0 Å². The van der Waals surface area contributed by atoms with Gasteiger partial charge in [-0.1, -0.05) is 0 Å². The Bertz CT molecular complexity index is 668. The fourth-order valence-electron chi connectivity index (χ4n) is 2.34. The van der Waals surface area contributed by atoms with Crippen molar-refractivity contribution in [2.24, 2.45) is 5.73 Å². The molecule has 1 aromatic carbocycles. The Morgan fingerprint density at radius 1 is 1.25 bits per heavy atom. The van der Waals surface area contributed by atoms with Gasteiger partial charge in [-0.05, 0) is 55.2 Å². The van der Waals surface area contributed by atoms with Crippen molar-refractivity contribution >= 4 is 5.84 Å². The Morgan fingerprint density at radius 2 is 2.00 bits per heavy atom. The second-order valence-corrected chi connectivity index (χ2v) is 4.77. The van der Waals surface area contributed by atoms with E-state index in [0.717, 1.165) is 30.5 Å². The third-order valence-electron chi connectivity index (χ3n) is 3.33. The zero-order valence-corrected chi connectivity index (χ0v) is 10.8. The maximum Gasteiger partial charge on any atom is 0.230 e. The summed E-state index contributed by atoms with van der Waals surface area (Å²) < 4.78 is 18.5. The molecule has 0 aliphatic heterocycles. The van der Waals surface area contributed by atoms with Gasteiger partial charge in [-0.15, -0.1) is 0 Å². The largest absolute Gasteiger partial charge is 0.438 e. The minimum atomic E-state index is -0.328. The Morgan fingerprint density at radius 3 is 2.70 bits per heavy atom. The van der Waals surface area contributed by atoms with Crippen LogP contribution in [0.4, 0.5) is 4.39 Å². The van der Waals surface area contributed by atoms with Crippen LogP contribution in [0.2, 0.25) is 0 Å². The normalized spacial score (nSPS) is 13.1. The monoisotopic (exact) mass is 271 g/mol. The molecule has 0 bridgehead atoms. The number of aryl methyl sites for hydroxylation is 2. The van der Waals surface area contributed by atoms with Crippen molar-refractivity contribution in [1.82, 2.24) is 4.98 Å². The first-order chi connectivity index (χ1) is 9.63. The van der Waals surface area contributed by atoms with Gasteiger partial charge in [0, 0.05) is 5.69 Å². The van der Waals surface area contributed by atoms with Gasteiger partial charge in [0.2, 0.25) is 5.88 Å². The summed E-state index contributed by atoms with van der Waals surface area (Å²) in [6.07, 6.45) is 2.92. The van der Waals surface area contributed by atoms with E-state index >= 15 is 0 Å². The molecule has 0 amide bonds. The Labute approximate surface area is 115 Å². The van der Waals surface area contributed by atoms with Gasteiger partial charge in [-0.25, -0.2) is 9.37 Å². The van der Waals surface area contributed by atoms with E-state index in [-0.39, 0.29) is 11.7 Å². The molecule has 3 N–H and O–H groups in total. The maximum atomic E-state index is 12.9. The van der Waals surface area contributed by atoms with Gasteiger partial charge in [-0.2, -0.15) is 0 Å². The molecule has 20 heavy (non-hydrogen) atoms. The third kappa shape index (κ3) is 2.34. The highest BCUT2D eigenvalue weighted by molar-refractivity contribution is 5.97. The maximum absolute atomic E-state index is 12.9. The Kier molecular flexibility index (Phi) is 3.10. The topological polar surface area (TPSA) is 72.0 Å². The molecule has 5 heteroatoms. The summed E-state index contributed by atoms with van der Waals surface area (Å²) in [5, 5.41) is 7.64. The lowest BCUT2D eigenvalue weighted by Crippen LogP contribution is -2.14. The summed E-state index contributed by atoms with van der Waals surface area (Å²) in [5.41, 5.74) is 8.19. The molecule has 4 nitrogen and oxygen atoms in total. The molecule has 0 saturated heterocycles. The fourth-order valence-corrected chi connectivity index (χ4v) is 2.34. The molecule has 0 radical (unpaired) electrons. The van der Waals surface area contributed by atoms with E-state index in [4.69, 9.17) is 15.9 Å². The van der Waals surface area contributed by atoms with E-state index in [1.54, 1.807) is 0 Å². The zero-order chi connectivity index (χ0) is 14.1. The van der Waals surface area contributed by atoms with Gasteiger partial charge < -0.3 is 10.5 Å². The van der Waals surface area contributed by atoms with E-state index in [2.05, 4.69) is 4.98 Å². The first-order valence-corrected chi connectivity index (χ1v) is 6.44. The van der Waals surface area contributed by atoms with Crippen LogP contribution in [0.5, 0.6) is 11.6 Å². The van der Waals surface area contributed by atoms with Crippen molar-refractivity contribution in [3.63, 3.8) is 0 Å². The number of nitrogens with two attached hydrogens (primary N) is 1. The number of fused-ring (bicyclic) bond motifs is 1. The highest BCUT2D eigenvalue weighted by Gasteiger charge is 2.19. The molecule has 0 unspecified atom stereocenters. The number of rotatable bonds is 3. The van der Waals surface area contributed by atoms with Crippen molar-refractivity contribution in [2.45, 2.75) is 19.3 Å². The quantitative estimate of drug-likeness (QED) is 0.666. The molecule has 0 spiro atoms. The number of aromatic nitrogens is 1. The molecule has 1 heterocycles. The number of nitrogens with zero attached hydrogens (tertiary/aromatic N) is 1. The number of amidine groups is 1. The fraction of sp³-hybridized carbons (Fsp3) is 0.200. The van der Waals surface area contributed by atoms with E-state index in [1.807, 2.05) is 6.07 Å². The van der Waals surface area contributed by atoms with Gasteiger partial charge in [-0.3, -0.25) is 5.41 Å². The summed E-state index contributed by atoms with van der Waals surface area (Å²) >= 11 is 0. The summed E-state index contributed by atoms with van der Waals surface area (Å²) in [6, 6.07) is 7.55. The van der Waals surface area contributed by atoms with Crippen molar-refractivity contribution in [3.8, 4) is 11.6 Å². The number of nitrogens with one attached hydrogen (secondary N) is 1. The third-order valence-corrected chi connectivity index (χ3v) is 3.33. The molecule has 1 aromatic heterocycles. The van der Waals surface area contributed by atoms with E-state index in [9.17, 15) is 4.39 Å². The summed E-state index contributed by atoms with van der Waals surface area (Å²) in [7, 11) is 0. The van der Waals surface area contributed by atoms with Crippen LogP contribution in [0.15, 0.2) is 30.3 Å². The van der Waals surface area contributed by atoms with E-state index in [1.165, 1.54) is 24.3 Å². The van der Waals surface area contributed by atoms with Gasteiger partial charge in [0.05, 0.1) is 5.56 Å². The first kappa shape index (κ1) is 12.6. The standard InChI is InChI=1S/C15H14FN3O/c16-10-4-6-11(7-5-10)20-15-12(14(17)18)8-9-2-1-3-13(9)19-15/h4-8H,1-3H2,(H3,17,18). The predicted octanol–water partition coefficient (Wildman–Crippen LogP) is 2.79. The Balaban J connectivity index is 1.99. The van der Waals surface area contributed by atoms with Crippen molar-refractivity contribution in [2.75, 3.05) is 0 Å². The van der Waals surface area contributed by atoms with Gasteiger partial charge >= 0.3 is 0 Å². The minimum Gasteiger partial charge on any atom is -0.438 e. The Hall–Kier alpha value is -2.43. The molecule has 0 saturated carbocycles. The molecule has 0 fully saturated rings. The van der Waals surface area contributed by atoms with E-state index in [0.29, 0.717) is 17.2 Å². The number of nitrogen functional groups attached to an aromatic ring is 1. The summed E-state index contributed by atoms with van der Waals surface area (Å²) in [5.74, 6) is 0.375. The lowest BCUT2D eigenvalue weighted by atomic mass is 10.1. The second-order valence-electron chi connectivity index (χ2n) is 4.77. The average molecular weight is 271 g/mol. The highest BCUT2D eigenvalue weighted by atomic mass is 19.1. The molecule has 102 valence electrons. The predicted molar refractivity (Wildman–Crippen MR) is 73.8 cm³/mol. The minimum absolute atomic E-state index is 0.0793. The van der Waals surface area contributed by atoms with Gasteiger partial charge in [0.1, 0.15) is 17.4 Å². The number of hydrogen-bond donors (Lipinski definition) is 2. The summed E-state index contributed by atoms with van der Waals surface area (Å²) in [6.45, 7) is 0. The number of halogens is 1. The van der Waals surface area contributed by atoms with Crippen LogP contribution in [-0.4, -0.2) is 10.8 Å². The molecule has 3 rings (SSSR count). The zero-order valence-electron chi connectivity index (χ0n) is 10.8. The smallest absolute Gasteiger partial charge is 0.230 e. The number of hydrogen-bond acceptors (Lipinski definition) is 3. The van der Waals surface area contributed by atoms with Crippen molar-refractivity contribution in [1.29, 1.82) is 5.41 Å². The van der Waals surface area contributed by atoms with Crippen LogP contribution in [0, 0.1) is 11.2 Å². The van der Waals surface area contributed by atoms with Crippen LogP contribution < -0.4 is 10.5 Å². The van der Waals surface area contributed by atoms with Crippen LogP contribution in [0.3, 0.4) is 0 Å². The molecule has 1 aliphatic carbocycles. The molecule has 2 aromatic rings. The number of benzene rings is 1. The van der Waals surface area contributed by atoms with Crippen LogP contribution in [0.25, 0.3) is 0 Å². The number of pyridine rings is 1. The SMILES string of the molecule is N=C(N)c1cc2c(nc1Oc1ccc(F)cc1)CCC2. The van der Waals surface area contributed by atoms with Crippen LogP contribution in [-0.2, 0) is 12.8 Å². The lowest BCUT2D eigenvalue weighted by molar-refractivity contribution is 0.458. The van der Waals surface area contributed by atoms with Crippen LogP contribution >= 0.6 is 0 Å². The average Bonchev–Trinajstić information content (AvgIpc) is 2.87. The van der Waals surface area contributed by atoms with Crippen molar-refractivity contribution < 1.29 is 9.13 Å². The van der Waals surface area contributed by atoms with Crippen molar-refractivity contribution in [3.05, 3.63) is 53.0 Å². The molecular formula is C15H14FN3O. The molecular weight excluding hydrogens is 257 g/mol. The second kappa shape index (κ2) is 4.92. The molecule has 1 aliphatic rings. The lowest BCUT2D eigenvalue weighted by Gasteiger charge is -2.11. The van der Waals surface area contributed by atoms with Gasteiger partial charge in [0.25, 0.3) is 0 Å². The van der Waals surface area contributed by atoms with E-state index < -0.39 is 0 Å². The first-order valence-electron chi connectivity index (χ1n) is 6.44. The molecule has 0 atom stereocenters. The van der Waals surface area contributed by atoms with Crippen LogP contribution in [0.1, 0.15) is 23.2 Å².